The number of nitrogens with zero attached hydrogens (tertiary/aromatic N) is 1. The van der Waals surface area contributed by atoms with Gasteiger partial charge in [-0.05, 0) is 157 Å². The van der Waals surface area contributed by atoms with E-state index >= 15 is 0 Å². The second-order valence-electron chi connectivity index (χ2n) is 18.2. The molecule has 0 bridgehead atoms. The Labute approximate surface area is 335 Å². The highest BCUT2D eigenvalue weighted by Crippen LogP contribution is 2.51. The Balaban J connectivity index is 0.818. The van der Waals surface area contributed by atoms with Crippen molar-refractivity contribution in [3.05, 3.63) is 159 Å². The van der Waals surface area contributed by atoms with E-state index in [0.717, 1.165) is 25.7 Å². The van der Waals surface area contributed by atoms with Gasteiger partial charge in [0.05, 0.1) is 0 Å². The molecule has 2 nitrogen and oxygen atoms in total. The molecule has 11 rings (SSSR count). The molecule has 8 aliphatic rings. The Morgan fingerprint density at radius 1 is 0.661 bits per heavy atom. The van der Waals surface area contributed by atoms with Crippen LogP contribution in [0.2, 0.25) is 0 Å². The van der Waals surface area contributed by atoms with Crippen molar-refractivity contribution in [2.75, 3.05) is 0 Å². The monoisotopic (exact) mass is 734 g/mol. The summed E-state index contributed by atoms with van der Waals surface area (Å²) in [5, 5.41) is 7.17. The van der Waals surface area contributed by atoms with Crippen molar-refractivity contribution in [2.45, 2.75) is 127 Å². The molecule has 2 saturated carbocycles. The zero-order valence-corrected chi connectivity index (χ0v) is 33.2. The smallest absolute Gasteiger partial charge is 0.0336 e. The molecular weight excluding hydrogens is 677 g/mol. The largest absolute Gasteiger partial charge is 0.345 e. The summed E-state index contributed by atoms with van der Waals surface area (Å²) >= 11 is 0. The van der Waals surface area contributed by atoms with Gasteiger partial charge in [0.1, 0.15) is 0 Å². The fraction of sp³-hybridized carbons (Fsp3) is 0.407. The lowest BCUT2D eigenvalue weighted by atomic mass is 9.70. The number of rotatable bonds is 6. The minimum Gasteiger partial charge on any atom is -0.345 e. The van der Waals surface area contributed by atoms with E-state index in [1.165, 1.54) is 116 Å². The van der Waals surface area contributed by atoms with Crippen LogP contribution in [0.25, 0.3) is 28.5 Å². The van der Waals surface area contributed by atoms with E-state index < -0.39 is 0 Å². The van der Waals surface area contributed by atoms with Crippen molar-refractivity contribution < 1.29 is 0 Å². The van der Waals surface area contributed by atoms with Gasteiger partial charge in [0, 0.05) is 35.4 Å². The molecule has 1 aliphatic heterocycles. The van der Waals surface area contributed by atoms with Crippen molar-refractivity contribution >= 4 is 28.5 Å². The van der Waals surface area contributed by atoms with Gasteiger partial charge in [0.2, 0.25) is 0 Å². The fourth-order valence-corrected chi connectivity index (χ4v) is 12.4. The van der Waals surface area contributed by atoms with Crippen LogP contribution in [0.15, 0.2) is 126 Å². The van der Waals surface area contributed by atoms with Gasteiger partial charge in [-0.1, -0.05) is 134 Å². The third-order valence-corrected chi connectivity index (χ3v) is 15.1. The molecule has 3 aromatic rings. The van der Waals surface area contributed by atoms with E-state index in [1.807, 2.05) is 0 Å². The summed E-state index contributed by atoms with van der Waals surface area (Å²) in [6.07, 6.45) is 46.7. The zero-order chi connectivity index (χ0) is 37.0. The molecule has 3 aromatic carbocycles. The molecule has 0 amide bonds. The van der Waals surface area contributed by atoms with Crippen molar-refractivity contribution in [1.29, 1.82) is 0 Å². The first-order chi connectivity index (χ1) is 27.8. The Morgan fingerprint density at radius 2 is 1.50 bits per heavy atom. The average molecular weight is 735 g/mol. The summed E-state index contributed by atoms with van der Waals surface area (Å²) in [6.45, 7) is 0. The summed E-state index contributed by atoms with van der Waals surface area (Å²) in [4.78, 5) is 2.83. The molecule has 1 heterocycles. The first-order valence-corrected chi connectivity index (χ1v) is 22.5. The van der Waals surface area contributed by atoms with E-state index in [0.29, 0.717) is 35.9 Å². The highest BCUT2D eigenvalue weighted by atomic mass is 15.2. The summed E-state index contributed by atoms with van der Waals surface area (Å²) in [6, 6.07) is 20.7. The number of benzene rings is 3. The van der Waals surface area contributed by atoms with Crippen LogP contribution >= 0.6 is 0 Å². The highest BCUT2D eigenvalue weighted by molar-refractivity contribution is 5.98. The predicted octanol–water partition coefficient (Wildman–Crippen LogP) is 13.1. The number of fused-ring (bicyclic) bond motifs is 8. The lowest BCUT2D eigenvalue weighted by molar-refractivity contribution is 0.238. The zero-order valence-electron chi connectivity index (χ0n) is 33.2. The van der Waals surface area contributed by atoms with Gasteiger partial charge in [-0.3, -0.25) is 0 Å². The van der Waals surface area contributed by atoms with E-state index in [9.17, 15) is 0 Å². The Hall–Kier alpha value is -4.40. The number of hydrogen-bond acceptors (Lipinski definition) is 2. The molecule has 5 unspecified atom stereocenters. The van der Waals surface area contributed by atoms with Crippen LogP contribution in [0.4, 0.5) is 0 Å². The van der Waals surface area contributed by atoms with Crippen LogP contribution in [-0.4, -0.2) is 23.0 Å². The quantitative estimate of drug-likeness (QED) is 0.271. The Kier molecular flexibility index (Phi) is 9.22. The number of allylic oxidation sites excluding steroid dienone is 11. The SMILES string of the molecule is C1=CCCC(C2CC(c3ccc(C4=CC=C5C(C4)C4=C(CCC=C4)N5C4CCCCC4)cc3)CCC2NC2C=Cc3c4c(c5ccccc5c3C2)C=CCC4)=C1. The summed E-state index contributed by atoms with van der Waals surface area (Å²) in [5.41, 5.74) is 17.1. The average Bonchev–Trinajstić information content (AvgIpc) is 3.61. The second-order valence-corrected chi connectivity index (χ2v) is 18.2. The fourth-order valence-electron chi connectivity index (χ4n) is 12.4. The number of hydrogen-bond donors (Lipinski definition) is 1. The molecule has 2 fully saturated rings. The molecule has 2 heteroatoms. The van der Waals surface area contributed by atoms with Crippen LogP contribution < -0.4 is 5.32 Å². The Morgan fingerprint density at radius 3 is 2.38 bits per heavy atom. The van der Waals surface area contributed by atoms with Crippen LogP contribution in [0.5, 0.6) is 0 Å². The normalized spacial score (nSPS) is 28.4. The summed E-state index contributed by atoms with van der Waals surface area (Å²) < 4.78 is 0. The highest BCUT2D eigenvalue weighted by Gasteiger charge is 2.41. The van der Waals surface area contributed by atoms with E-state index in [-0.39, 0.29) is 0 Å². The maximum atomic E-state index is 4.29. The molecule has 7 aliphatic carbocycles. The van der Waals surface area contributed by atoms with E-state index in [2.05, 4.69) is 126 Å². The van der Waals surface area contributed by atoms with Gasteiger partial charge in [-0.25, -0.2) is 0 Å². The third-order valence-electron chi connectivity index (χ3n) is 15.1. The third kappa shape index (κ3) is 6.19. The van der Waals surface area contributed by atoms with Crippen molar-refractivity contribution in [2.24, 2.45) is 11.8 Å². The number of nitrogens with one attached hydrogen (secondary N) is 1. The minimum absolute atomic E-state index is 0.370. The first-order valence-electron chi connectivity index (χ1n) is 22.5. The molecule has 56 heavy (non-hydrogen) atoms. The maximum Gasteiger partial charge on any atom is 0.0336 e. The molecule has 0 radical (unpaired) electrons. The van der Waals surface area contributed by atoms with Crippen LogP contribution in [0, 0.1) is 11.8 Å². The molecule has 284 valence electrons. The predicted molar refractivity (Wildman–Crippen MR) is 236 cm³/mol. The molecule has 0 spiro atoms. The first kappa shape index (κ1) is 34.8. The van der Waals surface area contributed by atoms with Crippen LogP contribution in [-0.2, 0) is 12.8 Å². The Bertz CT molecular complexity index is 2280. The topological polar surface area (TPSA) is 15.3 Å². The summed E-state index contributed by atoms with van der Waals surface area (Å²) in [5.74, 6) is 1.71. The van der Waals surface area contributed by atoms with Gasteiger partial charge in [0.25, 0.3) is 0 Å². The van der Waals surface area contributed by atoms with E-state index in [4.69, 9.17) is 0 Å². The van der Waals surface area contributed by atoms with Crippen LogP contribution in [0.1, 0.15) is 129 Å². The van der Waals surface area contributed by atoms with Gasteiger partial charge in [-0.2, -0.15) is 0 Å². The lowest BCUT2D eigenvalue weighted by Crippen LogP contribution is -2.46. The van der Waals surface area contributed by atoms with Gasteiger partial charge < -0.3 is 10.2 Å². The van der Waals surface area contributed by atoms with Crippen LogP contribution in [0.3, 0.4) is 0 Å². The molecule has 1 N–H and O–H groups in total. The van der Waals surface area contributed by atoms with Crippen molar-refractivity contribution in [3.8, 4) is 0 Å². The van der Waals surface area contributed by atoms with Gasteiger partial charge in [-0.15, -0.1) is 0 Å². The minimum atomic E-state index is 0.370. The van der Waals surface area contributed by atoms with E-state index in [1.54, 1.807) is 33.7 Å². The van der Waals surface area contributed by atoms with Gasteiger partial charge >= 0.3 is 0 Å². The second kappa shape index (κ2) is 14.8. The molecular formula is C54H58N2. The molecule has 5 atom stereocenters. The molecule has 0 aromatic heterocycles. The molecule has 0 saturated heterocycles. The van der Waals surface area contributed by atoms with Gasteiger partial charge in [0.15, 0.2) is 0 Å². The van der Waals surface area contributed by atoms with Crippen molar-refractivity contribution in [1.82, 2.24) is 10.2 Å². The maximum absolute atomic E-state index is 4.29. The standard InChI is InChI=1S/C54H58N2/c1-3-13-38(14-4-1)49-33-39(27-31-52(49)55-41-29-30-47-45-19-8-7-17-43(45)44-18-9-10-20-46(44)50(47)35-41)36-23-25-37(26-24-36)40-28-32-54-51(34-40)48-21-11-12-22-53(48)56(54)42-15-5-2-6-16-42/h1,3,7,9-11,13,17-18,20-21,23-26,28-30,32,39,41-42,49,51-52,55H,2,4-6,8,12,14-16,19,22,27,31,33-35H2. The lowest BCUT2D eigenvalue weighted by Gasteiger charge is -2.41. The van der Waals surface area contributed by atoms with Crippen molar-refractivity contribution in [3.63, 3.8) is 0 Å². The summed E-state index contributed by atoms with van der Waals surface area (Å²) in [7, 11) is 0.